The lowest BCUT2D eigenvalue weighted by atomic mass is 10.1. The van der Waals surface area contributed by atoms with Gasteiger partial charge in [-0.2, -0.15) is 0 Å². The van der Waals surface area contributed by atoms with Crippen molar-refractivity contribution in [1.29, 1.82) is 0 Å². The Balaban J connectivity index is 1.22. The summed E-state index contributed by atoms with van der Waals surface area (Å²) in [6.45, 7) is 5.74. The van der Waals surface area contributed by atoms with Crippen LogP contribution in [0.4, 0.5) is 16.2 Å². The molecule has 0 aliphatic rings. The number of nitrogens with one attached hydrogen (secondary N) is 1. The number of nitrogens with zero attached hydrogens (tertiary/aromatic N) is 5. The standard InChI is InChI=1S/C39H38N6O6/c1-7-18-51-39(48)45(23-26-8-15-34(49-5)35(19-26)50-6)31-13-14-32-28(20-31)16-17-44(32)38(47)33-21-29(24-42(33)3)27-9-11-30(12-10-27)41-37(46)36-40-25(2)22-43(36)4/h7-17,19-22,24H,1,18,23H2,2-6H3,(H,41,46). The molecule has 0 atom stereocenters. The molecule has 6 aromatic rings. The maximum atomic E-state index is 13.9. The zero-order valence-electron chi connectivity index (χ0n) is 29.0. The van der Waals surface area contributed by atoms with Crippen LogP contribution in [-0.2, 0) is 25.4 Å². The molecule has 3 aromatic heterocycles. The van der Waals surface area contributed by atoms with E-state index in [-0.39, 0.29) is 25.0 Å². The van der Waals surface area contributed by atoms with Crippen LogP contribution in [0.1, 0.15) is 32.4 Å². The molecule has 0 aliphatic heterocycles. The van der Waals surface area contributed by atoms with Gasteiger partial charge in [0.05, 0.1) is 32.0 Å². The molecule has 12 nitrogen and oxygen atoms in total. The van der Waals surface area contributed by atoms with E-state index in [1.165, 1.54) is 11.0 Å². The number of hydrogen-bond acceptors (Lipinski definition) is 7. The number of hydrogen-bond donors (Lipinski definition) is 1. The minimum absolute atomic E-state index is 0.0549. The highest BCUT2D eigenvalue weighted by atomic mass is 16.6. The normalized spacial score (nSPS) is 10.9. The van der Waals surface area contributed by atoms with Crippen LogP contribution < -0.4 is 19.7 Å². The summed E-state index contributed by atoms with van der Waals surface area (Å²) < 4.78 is 21.3. The van der Waals surface area contributed by atoms with E-state index < -0.39 is 6.09 Å². The number of ether oxygens (including phenoxy) is 3. The average Bonchev–Trinajstić information content (AvgIpc) is 3.84. The summed E-state index contributed by atoms with van der Waals surface area (Å²) in [4.78, 5) is 45.6. The Morgan fingerprint density at radius 3 is 2.33 bits per heavy atom. The molecular formula is C39H38N6O6. The van der Waals surface area contributed by atoms with Crippen molar-refractivity contribution in [3.05, 3.63) is 127 Å². The van der Waals surface area contributed by atoms with Gasteiger partial charge in [0.2, 0.25) is 0 Å². The quantitative estimate of drug-likeness (QED) is 0.146. The molecule has 3 aromatic carbocycles. The number of carbonyl (C=O) groups excluding carboxylic acids is 3. The molecule has 0 bridgehead atoms. The molecule has 0 fully saturated rings. The molecule has 3 heterocycles. The van der Waals surface area contributed by atoms with Crippen LogP contribution in [0.15, 0.2) is 104 Å². The summed E-state index contributed by atoms with van der Waals surface area (Å²) in [7, 11) is 6.72. The van der Waals surface area contributed by atoms with Crippen molar-refractivity contribution in [3.63, 3.8) is 0 Å². The number of anilines is 2. The monoisotopic (exact) mass is 686 g/mol. The van der Waals surface area contributed by atoms with Gasteiger partial charge in [0.15, 0.2) is 17.3 Å². The number of fused-ring (bicyclic) bond motifs is 1. The molecule has 0 spiro atoms. The van der Waals surface area contributed by atoms with E-state index in [2.05, 4.69) is 16.9 Å². The van der Waals surface area contributed by atoms with E-state index in [0.29, 0.717) is 39.9 Å². The average molecular weight is 687 g/mol. The van der Waals surface area contributed by atoms with Crippen LogP contribution in [0.25, 0.3) is 22.0 Å². The third kappa shape index (κ3) is 7.11. The van der Waals surface area contributed by atoms with E-state index in [1.807, 2.05) is 80.8 Å². The van der Waals surface area contributed by atoms with Gasteiger partial charge < -0.3 is 28.7 Å². The molecule has 0 saturated carbocycles. The molecule has 2 amide bonds. The van der Waals surface area contributed by atoms with Gasteiger partial charge >= 0.3 is 6.09 Å². The van der Waals surface area contributed by atoms with Crippen molar-refractivity contribution in [3.8, 4) is 22.6 Å². The van der Waals surface area contributed by atoms with E-state index >= 15 is 0 Å². The number of amides is 2. The molecule has 0 aliphatic carbocycles. The second-order valence-corrected chi connectivity index (χ2v) is 11.9. The summed E-state index contributed by atoms with van der Waals surface area (Å²) in [6.07, 6.45) is 6.37. The number of methoxy groups -OCH3 is 2. The summed E-state index contributed by atoms with van der Waals surface area (Å²) in [5.41, 5.74) is 5.68. The molecule has 0 saturated heterocycles. The Morgan fingerprint density at radius 1 is 0.882 bits per heavy atom. The van der Waals surface area contributed by atoms with E-state index in [0.717, 1.165) is 27.8 Å². The summed E-state index contributed by atoms with van der Waals surface area (Å²) >= 11 is 0. The van der Waals surface area contributed by atoms with Crippen LogP contribution in [-0.4, -0.2) is 57.4 Å². The largest absolute Gasteiger partial charge is 0.493 e. The molecule has 51 heavy (non-hydrogen) atoms. The van der Waals surface area contributed by atoms with Gasteiger partial charge in [-0.1, -0.05) is 30.9 Å². The van der Waals surface area contributed by atoms with Gasteiger partial charge in [0.1, 0.15) is 12.3 Å². The number of rotatable bonds is 11. The van der Waals surface area contributed by atoms with Gasteiger partial charge in [-0.25, -0.2) is 9.78 Å². The number of aromatic nitrogens is 4. The van der Waals surface area contributed by atoms with Crippen LogP contribution >= 0.6 is 0 Å². The number of benzene rings is 3. The molecule has 1 N–H and O–H groups in total. The molecule has 260 valence electrons. The Kier molecular flexibility index (Phi) is 9.76. The van der Waals surface area contributed by atoms with Crippen molar-refractivity contribution >= 4 is 40.2 Å². The van der Waals surface area contributed by atoms with E-state index in [9.17, 15) is 14.4 Å². The van der Waals surface area contributed by atoms with Crippen molar-refractivity contribution in [2.75, 3.05) is 31.0 Å². The zero-order chi connectivity index (χ0) is 36.2. The first-order valence-electron chi connectivity index (χ1n) is 16.1. The summed E-state index contributed by atoms with van der Waals surface area (Å²) in [5.74, 6) is 0.940. The lowest BCUT2D eigenvalue weighted by molar-refractivity contribution is 0.0955. The zero-order valence-corrected chi connectivity index (χ0v) is 29.0. The Bertz CT molecular complexity index is 2260. The van der Waals surface area contributed by atoms with Crippen molar-refractivity contribution in [2.45, 2.75) is 13.5 Å². The van der Waals surface area contributed by atoms with Crippen LogP contribution in [0.2, 0.25) is 0 Å². The van der Waals surface area contributed by atoms with Gasteiger partial charge in [-0.3, -0.25) is 19.1 Å². The lowest BCUT2D eigenvalue weighted by Gasteiger charge is -2.23. The van der Waals surface area contributed by atoms with Gasteiger partial charge in [0.25, 0.3) is 11.8 Å². The van der Waals surface area contributed by atoms with Crippen molar-refractivity contribution in [2.24, 2.45) is 14.1 Å². The fraction of sp³-hybridized carbons (Fsp3) is 0.179. The first kappa shape index (κ1) is 34.3. The van der Waals surface area contributed by atoms with E-state index in [1.54, 1.807) is 59.5 Å². The number of carbonyl (C=O) groups is 3. The topological polar surface area (TPSA) is 122 Å². The van der Waals surface area contributed by atoms with Crippen LogP contribution in [0.5, 0.6) is 11.5 Å². The highest BCUT2D eigenvalue weighted by Gasteiger charge is 2.22. The lowest BCUT2D eigenvalue weighted by Crippen LogP contribution is -2.31. The SMILES string of the molecule is C=CCOC(=O)N(Cc1ccc(OC)c(OC)c1)c1ccc2c(ccn2C(=O)c2cc(-c3ccc(NC(=O)c4nc(C)cn4C)cc3)cn2C)c1. The maximum absolute atomic E-state index is 13.9. The fourth-order valence-corrected chi connectivity index (χ4v) is 5.92. The Morgan fingerprint density at radius 2 is 1.65 bits per heavy atom. The third-order valence-electron chi connectivity index (χ3n) is 8.44. The second-order valence-electron chi connectivity index (χ2n) is 11.9. The molecule has 0 radical (unpaired) electrons. The van der Waals surface area contributed by atoms with E-state index in [4.69, 9.17) is 14.2 Å². The van der Waals surface area contributed by atoms with Crippen LogP contribution in [0, 0.1) is 6.92 Å². The minimum atomic E-state index is -0.547. The highest BCUT2D eigenvalue weighted by molar-refractivity contribution is 6.04. The van der Waals surface area contributed by atoms with Crippen molar-refractivity contribution < 1.29 is 28.6 Å². The maximum Gasteiger partial charge on any atom is 0.414 e. The molecular weight excluding hydrogens is 648 g/mol. The molecule has 6 rings (SSSR count). The number of aryl methyl sites for hydroxylation is 3. The summed E-state index contributed by atoms with van der Waals surface area (Å²) in [6, 6.07) is 22.0. The Labute approximate surface area is 295 Å². The first-order chi connectivity index (χ1) is 24.6. The van der Waals surface area contributed by atoms with Crippen LogP contribution in [0.3, 0.4) is 0 Å². The second kappa shape index (κ2) is 14.5. The van der Waals surface area contributed by atoms with Gasteiger partial charge in [-0.05, 0) is 72.6 Å². The van der Waals surface area contributed by atoms with Gasteiger partial charge in [-0.15, -0.1) is 0 Å². The highest BCUT2D eigenvalue weighted by Crippen LogP contribution is 2.31. The molecule has 0 unspecified atom stereocenters. The Hall–Kier alpha value is -6.56. The van der Waals surface area contributed by atoms with Crippen molar-refractivity contribution in [1.82, 2.24) is 18.7 Å². The first-order valence-corrected chi connectivity index (χ1v) is 16.1. The fourth-order valence-electron chi connectivity index (χ4n) is 5.92. The predicted molar refractivity (Wildman–Crippen MR) is 196 cm³/mol. The van der Waals surface area contributed by atoms with Gasteiger partial charge in [0, 0.05) is 55.0 Å². The summed E-state index contributed by atoms with van der Waals surface area (Å²) in [5, 5.41) is 3.65. The number of imidazole rings is 1. The smallest absolute Gasteiger partial charge is 0.414 e. The predicted octanol–water partition coefficient (Wildman–Crippen LogP) is 6.98. The molecule has 12 heteroatoms. The minimum Gasteiger partial charge on any atom is -0.493 e. The third-order valence-corrected chi connectivity index (χ3v) is 8.44.